The van der Waals surface area contributed by atoms with Crippen LogP contribution in [0.4, 0.5) is 0 Å². The highest BCUT2D eigenvalue weighted by molar-refractivity contribution is 6.03. The summed E-state index contributed by atoms with van der Waals surface area (Å²) >= 11 is 0. The van der Waals surface area contributed by atoms with Gasteiger partial charge in [0.2, 0.25) is 0 Å². The van der Waals surface area contributed by atoms with Crippen molar-refractivity contribution in [2.24, 2.45) is 16.7 Å². The van der Waals surface area contributed by atoms with Crippen LogP contribution in [0, 0.1) is 39.4 Å². The summed E-state index contributed by atoms with van der Waals surface area (Å²) in [6.07, 6.45) is 0.539. The highest BCUT2D eigenvalue weighted by Crippen LogP contribution is 2.76. The highest BCUT2D eigenvalue weighted by Gasteiger charge is 2.86. The summed E-state index contributed by atoms with van der Waals surface area (Å²) in [5, 5.41) is 19.5. The average Bonchev–Trinajstić information content (AvgIpc) is 3.06. The molecule has 0 N–H and O–H groups in total. The number of carbonyl (C=O) groups excluding carboxylic acids is 1. The summed E-state index contributed by atoms with van der Waals surface area (Å²) in [6.45, 7) is 0.441. The van der Waals surface area contributed by atoms with Gasteiger partial charge in [-0.3, -0.25) is 4.79 Å². The third-order valence-electron chi connectivity index (χ3n) is 5.93. The van der Waals surface area contributed by atoms with Gasteiger partial charge in [-0.15, -0.1) is 0 Å². The predicted octanol–water partition coefficient (Wildman–Crippen LogP) is 2.07. The number of ketones is 1. The first kappa shape index (κ1) is 16.8. The minimum atomic E-state index is -1.43. The van der Waals surface area contributed by atoms with E-state index in [1.54, 1.807) is 18.2 Å². The van der Waals surface area contributed by atoms with Crippen LogP contribution in [0.1, 0.15) is 23.2 Å². The lowest BCUT2D eigenvalue weighted by Gasteiger charge is -2.29. The maximum Gasteiger partial charge on any atom is 0.169 e. The molecule has 0 aromatic heterocycles. The molecule has 134 valence electrons. The first-order valence-electron chi connectivity index (χ1n) is 8.43. The Morgan fingerprint density at radius 2 is 1.96 bits per heavy atom. The standard InChI is InChI=1S/C19H18N2O5/c1-23-13-4-3-11(7-14(13)24-2)15(22)16-18(9-20,10-21)19(16)6-5-12-8-25-17(19)26-12/h3-4,7,12,16-17H,5-6,8H2,1-2H3/t12-,16+,17-,19+/m1/s1. The topological polar surface area (TPSA) is 102 Å². The molecular formula is C19H18N2O5. The van der Waals surface area contributed by atoms with Crippen LogP contribution in [0.3, 0.4) is 0 Å². The molecular weight excluding hydrogens is 336 g/mol. The first-order chi connectivity index (χ1) is 12.6. The van der Waals surface area contributed by atoms with Gasteiger partial charge in [0.25, 0.3) is 0 Å². The second kappa shape index (κ2) is 5.70. The molecule has 1 aromatic rings. The SMILES string of the molecule is COc1ccc(C(=O)[C@H]2C(C#N)(C#N)[C@@]23CC[C@@H]2CO[C@@H]3O2)cc1OC. The third kappa shape index (κ3) is 1.90. The molecule has 1 spiro atoms. The van der Waals surface area contributed by atoms with Gasteiger partial charge >= 0.3 is 0 Å². The molecule has 2 saturated heterocycles. The maximum atomic E-state index is 13.2. The van der Waals surface area contributed by atoms with Crippen molar-refractivity contribution in [2.45, 2.75) is 25.2 Å². The lowest BCUT2D eigenvalue weighted by Crippen LogP contribution is -2.35. The van der Waals surface area contributed by atoms with Crippen molar-refractivity contribution < 1.29 is 23.7 Å². The second-order valence-corrected chi connectivity index (χ2v) is 6.90. The summed E-state index contributed by atoms with van der Waals surface area (Å²) in [5.74, 6) is -0.132. The second-order valence-electron chi connectivity index (χ2n) is 6.90. The van der Waals surface area contributed by atoms with Gasteiger partial charge in [0.15, 0.2) is 29.0 Å². The molecule has 3 fully saturated rings. The van der Waals surface area contributed by atoms with Gasteiger partial charge in [-0.05, 0) is 31.0 Å². The fourth-order valence-electron chi connectivity index (χ4n) is 4.56. The number of Topliss-reactive ketones (excluding diaryl/α,β-unsaturated/α-hetero) is 1. The molecule has 1 aliphatic carbocycles. The molecule has 1 aromatic carbocycles. The number of fused-ring (bicyclic) bond motifs is 3. The summed E-state index contributed by atoms with van der Waals surface area (Å²) < 4.78 is 22.0. The maximum absolute atomic E-state index is 13.2. The predicted molar refractivity (Wildman–Crippen MR) is 87.3 cm³/mol. The van der Waals surface area contributed by atoms with E-state index in [4.69, 9.17) is 18.9 Å². The van der Waals surface area contributed by atoms with E-state index in [-0.39, 0.29) is 11.9 Å². The number of hydrogen-bond donors (Lipinski definition) is 0. The minimum absolute atomic E-state index is 0.0156. The van der Waals surface area contributed by atoms with Crippen molar-refractivity contribution in [3.63, 3.8) is 0 Å². The number of hydrogen-bond acceptors (Lipinski definition) is 7. The van der Waals surface area contributed by atoms with Gasteiger partial charge in [-0.1, -0.05) is 0 Å². The molecule has 2 bridgehead atoms. The Kier molecular flexibility index (Phi) is 3.69. The average molecular weight is 354 g/mol. The molecule has 4 rings (SSSR count). The molecule has 7 nitrogen and oxygen atoms in total. The quantitative estimate of drug-likeness (QED) is 0.763. The van der Waals surface area contributed by atoms with Crippen molar-refractivity contribution >= 4 is 5.78 Å². The van der Waals surface area contributed by atoms with Crippen molar-refractivity contribution in [3.8, 4) is 23.6 Å². The van der Waals surface area contributed by atoms with Crippen LogP contribution in [0.2, 0.25) is 0 Å². The molecule has 3 aliphatic rings. The first-order valence-corrected chi connectivity index (χ1v) is 8.43. The normalized spacial score (nSPS) is 33.2. The highest BCUT2D eigenvalue weighted by atomic mass is 16.7. The molecule has 1 saturated carbocycles. The molecule has 4 atom stereocenters. The van der Waals surface area contributed by atoms with E-state index < -0.39 is 23.0 Å². The van der Waals surface area contributed by atoms with Crippen molar-refractivity contribution in [3.05, 3.63) is 23.8 Å². The van der Waals surface area contributed by atoms with E-state index in [1.807, 2.05) is 0 Å². The van der Waals surface area contributed by atoms with E-state index in [2.05, 4.69) is 12.1 Å². The van der Waals surface area contributed by atoms with Gasteiger partial charge in [-0.25, -0.2) is 0 Å². The number of ether oxygens (including phenoxy) is 4. The molecule has 26 heavy (non-hydrogen) atoms. The number of nitriles is 2. The summed E-state index contributed by atoms with van der Waals surface area (Å²) in [6, 6.07) is 9.04. The van der Waals surface area contributed by atoms with E-state index in [9.17, 15) is 15.3 Å². The van der Waals surface area contributed by atoms with Crippen LogP contribution < -0.4 is 9.47 Å². The third-order valence-corrected chi connectivity index (χ3v) is 5.93. The molecule has 0 radical (unpaired) electrons. The fraction of sp³-hybridized carbons (Fsp3) is 0.526. The number of benzene rings is 1. The van der Waals surface area contributed by atoms with Crippen LogP contribution in [0.15, 0.2) is 18.2 Å². The molecule has 7 heteroatoms. The zero-order valence-corrected chi connectivity index (χ0v) is 14.5. The Hall–Kier alpha value is -2.61. The molecule has 0 amide bonds. The van der Waals surface area contributed by atoms with Crippen LogP contribution in [0.5, 0.6) is 11.5 Å². The van der Waals surface area contributed by atoms with Crippen LogP contribution in [-0.2, 0) is 9.47 Å². The Labute approximate surface area is 151 Å². The van der Waals surface area contributed by atoms with Crippen LogP contribution >= 0.6 is 0 Å². The van der Waals surface area contributed by atoms with E-state index in [0.29, 0.717) is 36.5 Å². The Morgan fingerprint density at radius 3 is 2.62 bits per heavy atom. The van der Waals surface area contributed by atoms with E-state index >= 15 is 0 Å². The molecule has 0 unspecified atom stereocenters. The van der Waals surface area contributed by atoms with Gasteiger partial charge in [0, 0.05) is 5.56 Å². The van der Waals surface area contributed by atoms with Crippen molar-refractivity contribution in [1.29, 1.82) is 10.5 Å². The van der Waals surface area contributed by atoms with Crippen LogP contribution in [0.25, 0.3) is 0 Å². The minimum Gasteiger partial charge on any atom is -0.493 e. The van der Waals surface area contributed by atoms with Crippen LogP contribution in [-0.4, -0.2) is 39.0 Å². The lowest BCUT2D eigenvalue weighted by atomic mass is 9.86. The summed E-state index contributed by atoms with van der Waals surface area (Å²) in [5.41, 5.74) is -1.97. The number of nitrogens with zero attached hydrogens (tertiary/aromatic N) is 2. The molecule has 2 aliphatic heterocycles. The van der Waals surface area contributed by atoms with E-state index in [0.717, 1.165) is 0 Å². The van der Waals surface area contributed by atoms with Gasteiger partial charge in [0.1, 0.15) is 0 Å². The summed E-state index contributed by atoms with van der Waals surface area (Å²) in [7, 11) is 3.00. The zero-order valence-electron chi connectivity index (χ0n) is 14.5. The number of methoxy groups -OCH3 is 2. The largest absolute Gasteiger partial charge is 0.493 e. The molecule has 2 heterocycles. The Morgan fingerprint density at radius 1 is 1.23 bits per heavy atom. The van der Waals surface area contributed by atoms with Crippen molar-refractivity contribution in [2.75, 3.05) is 20.8 Å². The van der Waals surface area contributed by atoms with Crippen molar-refractivity contribution in [1.82, 2.24) is 0 Å². The van der Waals surface area contributed by atoms with E-state index in [1.165, 1.54) is 14.2 Å². The number of rotatable bonds is 4. The van der Waals surface area contributed by atoms with Gasteiger partial charge < -0.3 is 18.9 Å². The Balaban J connectivity index is 1.74. The summed E-state index contributed by atoms with van der Waals surface area (Å²) in [4.78, 5) is 13.2. The fourth-order valence-corrected chi connectivity index (χ4v) is 4.56. The Bertz CT molecular complexity index is 840. The smallest absolute Gasteiger partial charge is 0.169 e. The van der Waals surface area contributed by atoms with Gasteiger partial charge in [-0.2, -0.15) is 10.5 Å². The lowest BCUT2D eigenvalue weighted by molar-refractivity contribution is -0.140. The number of carbonyl (C=O) groups is 1. The monoisotopic (exact) mass is 354 g/mol. The van der Waals surface area contributed by atoms with Gasteiger partial charge in [0.05, 0.1) is 50.4 Å². The zero-order chi connectivity index (χ0) is 18.5.